The fraction of sp³-hybridized carbons (Fsp3) is 0.544. The highest BCUT2D eigenvalue weighted by Crippen LogP contribution is 2.29. The number of nitrogens with one attached hydrogen (secondary N) is 11. The van der Waals surface area contributed by atoms with E-state index in [1.54, 1.807) is 92.8 Å². The third-order valence-electron chi connectivity index (χ3n) is 24.2. The van der Waals surface area contributed by atoms with E-state index in [1.807, 2.05) is 0 Å². The molecule has 2 aromatic heterocycles. The molecule has 742 valence electrons. The molecule has 16 amide bonds. The molecule has 8 rings (SSSR count). The van der Waals surface area contributed by atoms with Crippen LogP contribution in [-0.4, -0.2) is 337 Å². The molecule has 0 unspecified atom stereocenters. The molecule has 3 aliphatic rings. The summed E-state index contributed by atoms with van der Waals surface area (Å²) >= 11 is 0.726. The zero-order chi connectivity index (χ0) is 99.9. The maximum Gasteiger partial charge on any atom is 0.323 e. The molecular formula is C90H127N21O24S. The molecule has 3 saturated heterocycles. The highest BCUT2D eigenvalue weighted by atomic mass is 32.2. The molecule has 0 aliphatic carbocycles. The number of hydrogen-bond donors (Lipinski definition) is 19. The fourth-order valence-electron chi connectivity index (χ4n) is 16.6. The summed E-state index contributed by atoms with van der Waals surface area (Å²) in [5.41, 5.74) is 26.0. The van der Waals surface area contributed by atoms with Gasteiger partial charge in [0.2, 0.25) is 94.5 Å². The number of aromatic amines is 1. The van der Waals surface area contributed by atoms with E-state index in [1.165, 1.54) is 45.9 Å². The number of carbonyl (C=O) groups is 19. The van der Waals surface area contributed by atoms with Crippen molar-refractivity contribution in [3.05, 3.63) is 102 Å². The van der Waals surface area contributed by atoms with Crippen molar-refractivity contribution in [3.8, 4) is 5.75 Å². The van der Waals surface area contributed by atoms with Crippen LogP contribution in [-0.2, 0) is 117 Å². The number of carbonyl (C=O) groups excluding carboxylic acids is 16. The van der Waals surface area contributed by atoms with Gasteiger partial charge in [0, 0.05) is 119 Å². The number of amides is 16. The molecule has 15 atom stereocenters. The van der Waals surface area contributed by atoms with Crippen LogP contribution in [0.15, 0.2) is 85.2 Å². The minimum atomic E-state index is -1.83. The number of H-pyrrole nitrogens is 1. The topological polar surface area (TPSA) is 676 Å². The van der Waals surface area contributed by atoms with Gasteiger partial charge in [0.05, 0.1) is 25.5 Å². The van der Waals surface area contributed by atoms with E-state index in [0.717, 1.165) is 36.3 Å². The number of likely N-dealkylation sites (N-methyl/N-ethyl adjacent to an activating group) is 3. The molecule has 45 nitrogen and oxygen atoms in total. The van der Waals surface area contributed by atoms with Gasteiger partial charge in [0.25, 0.3) is 0 Å². The Morgan fingerprint density at radius 1 is 0.522 bits per heavy atom. The second-order valence-electron chi connectivity index (χ2n) is 34.0. The number of ether oxygens (including phenoxy) is 1. The number of benzene rings is 3. The van der Waals surface area contributed by atoms with E-state index >= 15 is 33.6 Å². The Balaban J connectivity index is 1.21. The van der Waals surface area contributed by atoms with Crippen molar-refractivity contribution in [3.63, 3.8) is 0 Å². The Kier molecular flexibility index (Phi) is 41.2. The molecule has 46 heteroatoms. The van der Waals surface area contributed by atoms with E-state index in [2.05, 4.69) is 58.2 Å². The van der Waals surface area contributed by atoms with Crippen LogP contribution in [0.25, 0.3) is 21.8 Å². The highest BCUT2D eigenvalue weighted by molar-refractivity contribution is 8.00. The number of aliphatic carboxylic acids is 3. The first kappa shape index (κ1) is 108. The summed E-state index contributed by atoms with van der Waals surface area (Å²) in [7, 11) is 5.22. The summed E-state index contributed by atoms with van der Waals surface area (Å²) < 4.78 is 6.73. The number of methoxy groups -OCH3 is 1. The number of primary amides is 1. The predicted molar refractivity (Wildman–Crippen MR) is 494 cm³/mol. The fourth-order valence-corrected chi connectivity index (χ4v) is 17.5. The molecule has 5 heterocycles. The van der Waals surface area contributed by atoms with Crippen molar-refractivity contribution in [1.82, 2.24) is 87.2 Å². The number of nitrogens with two attached hydrogens (primary N) is 4. The minimum Gasteiger partial charge on any atom is -0.497 e. The Hall–Kier alpha value is -13.3. The van der Waals surface area contributed by atoms with Gasteiger partial charge in [-0.1, -0.05) is 88.1 Å². The second kappa shape index (κ2) is 51.9. The van der Waals surface area contributed by atoms with Gasteiger partial charge in [-0.3, -0.25) is 91.1 Å². The monoisotopic (exact) mass is 1920 g/mol. The quantitative estimate of drug-likeness (QED) is 0.0218. The molecule has 23 N–H and O–H groups in total. The number of hydrogen-bond acceptors (Lipinski definition) is 25. The Labute approximate surface area is 788 Å². The molecular weight excluding hydrogens is 1790 g/mol. The predicted octanol–water partition coefficient (Wildman–Crippen LogP) is -3.82. The molecule has 3 aromatic carbocycles. The van der Waals surface area contributed by atoms with Gasteiger partial charge in [0.15, 0.2) is 0 Å². The van der Waals surface area contributed by atoms with Crippen LogP contribution in [0.1, 0.15) is 134 Å². The zero-order valence-electron chi connectivity index (χ0n) is 77.2. The third kappa shape index (κ3) is 29.8. The van der Waals surface area contributed by atoms with Crippen molar-refractivity contribution in [2.45, 2.75) is 234 Å². The van der Waals surface area contributed by atoms with Crippen molar-refractivity contribution >= 4 is 146 Å². The van der Waals surface area contributed by atoms with Crippen LogP contribution in [0.2, 0.25) is 0 Å². The maximum atomic E-state index is 15.9. The van der Waals surface area contributed by atoms with Crippen LogP contribution >= 0.6 is 11.8 Å². The Morgan fingerprint density at radius 3 is 1.68 bits per heavy atom. The number of carboxylic acids is 3. The van der Waals surface area contributed by atoms with Gasteiger partial charge >= 0.3 is 17.9 Å². The number of nitrogens with zero attached hydrogens (tertiary/aromatic N) is 6. The SMILES string of the molecule is CCCC[C@H]1C(=O)N(C)[C@@H](CCCC)C(=O)N[C@@H](CCC(=O)O)C(=O)N[C@H](C(=O)NCC(N)=O)CSCC(=O)N[C@@H](Cc2ccc(OC)cc2)C(=O)N(C)[C@@H](C)C(=O)N[C@@H](CCN)C(=O)N2CCC[C@H]2C(=O)N[C@@H](CN)C(=O)N[C@@H](CCC(=O)O)C(=O)N2C[C@H](O)C[C@H]2C(=O)N[C@@H](Cc2c[nH]c3ccccc23)C(=O)N[C@@H](CCN)C(=O)N[C@@H](Cc2cn(CC(=O)O)c3ccccc23)C(=O)N1C. The standard InChI is InChI=1S/C90H127N21O24S/c1-8-10-20-68-83(127)99-58(28-30-74(115)116)79(123)105-66(78(122)96-43-72(94)113)47-136-48-73(114)97-63(37-50-24-26-54(135-7)27-25-50)86(130)106(4)49(3)77(121)100-61(33-35-92)88(132)110-36-16-23-69(110)84(128)104-65(41-93)82(126)101-60(29-31-75(117)118)89(133)111-45-53(112)40-71(111)85(129)102-62(38-51-42-95-57-19-14-12-17-55(51)57)81(125)98-59(32-34-91)80(124)103-64(87(131)108(6)70(21-11-9-2)90(134)107(68)5)39-52-44-109(46-76(119)120)67-22-15-13-18-56(52)67/h12-15,17-19,22,24-27,42,44,49,53,58-66,68-71,95,112H,8-11,16,20-21,23,28-41,43,45-48,91-93H2,1-7H3,(H2,94,113)(H,96,122)(H,97,114)(H,98,125)(H,99,127)(H,100,121)(H,101,126)(H,102,129)(H,103,124)(H,104,128)(H,105,123)(H,115,116)(H,117,118)(H,119,120)/t49-,53+,58-,59-,60-,61-,62-,63-,64-,65-,66-,68-,69-,70-,71-/m0/s1. The molecule has 0 radical (unpaired) electrons. The molecule has 3 aliphatic heterocycles. The lowest BCUT2D eigenvalue weighted by Gasteiger charge is -2.36. The lowest BCUT2D eigenvalue weighted by molar-refractivity contribution is -0.149. The molecule has 3 fully saturated rings. The first-order valence-electron chi connectivity index (χ1n) is 45.2. The number of aliphatic hydroxyl groups is 1. The van der Waals surface area contributed by atoms with Crippen LogP contribution in [0.3, 0.4) is 0 Å². The largest absolute Gasteiger partial charge is 0.497 e. The third-order valence-corrected chi connectivity index (χ3v) is 25.3. The van der Waals surface area contributed by atoms with Gasteiger partial charge in [-0.2, -0.15) is 0 Å². The summed E-state index contributed by atoms with van der Waals surface area (Å²) in [6.45, 7) is 1.72. The average molecular weight is 1920 g/mol. The van der Waals surface area contributed by atoms with Gasteiger partial charge < -0.3 is 135 Å². The van der Waals surface area contributed by atoms with Crippen LogP contribution < -0.4 is 80.8 Å². The van der Waals surface area contributed by atoms with Gasteiger partial charge in [0.1, 0.15) is 96.9 Å². The smallest absolute Gasteiger partial charge is 0.323 e. The maximum absolute atomic E-state index is 15.9. The van der Waals surface area contributed by atoms with E-state index in [4.69, 9.17) is 27.7 Å². The Bertz CT molecular complexity index is 5130. The second-order valence-corrected chi connectivity index (χ2v) is 35.0. The molecule has 0 spiro atoms. The van der Waals surface area contributed by atoms with Crippen LogP contribution in [0.4, 0.5) is 0 Å². The van der Waals surface area contributed by atoms with Gasteiger partial charge in [-0.05, 0) is 112 Å². The molecule has 0 saturated carbocycles. The minimum absolute atomic E-state index is 0.000564. The van der Waals surface area contributed by atoms with E-state index < -0.39 is 279 Å². The normalized spacial score (nSPS) is 24.6. The zero-order valence-corrected chi connectivity index (χ0v) is 78.0. The van der Waals surface area contributed by atoms with E-state index in [0.29, 0.717) is 57.1 Å². The summed E-state index contributed by atoms with van der Waals surface area (Å²) in [6.07, 6.45) is -1.98. The lowest BCUT2D eigenvalue weighted by atomic mass is 9.99. The van der Waals surface area contributed by atoms with Crippen molar-refractivity contribution in [2.24, 2.45) is 22.9 Å². The number of aliphatic hydroxyl groups excluding tert-OH is 1. The molecule has 5 aromatic rings. The number of thioether (sulfide) groups is 1. The number of rotatable bonds is 29. The number of aromatic nitrogens is 2. The molecule has 0 bridgehead atoms. The van der Waals surface area contributed by atoms with Crippen LogP contribution in [0.5, 0.6) is 5.75 Å². The van der Waals surface area contributed by atoms with Crippen molar-refractivity contribution < 1.29 is 116 Å². The number of unbranched alkanes of at least 4 members (excludes halogenated alkanes) is 2. The summed E-state index contributed by atoms with van der Waals surface area (Å²) in [4.78, 5) is 282. The summed E-state index contributed by atoms with van der Waals surface area (Å²) in [5.74, 6) is -20.5. The summed E-state index contributed by atoms with van der Waals surface area (Å²) in [6, 6.07) is -2.69. The number of carboxylic acid groups (broad SMARTS) is 3. The van der Waals surface area contributed by atoms with Gasteiger partial charge in [-0.25, -0.2) is 0 Å². The highest BCUT2D eigenvalue weighted by Gasteiger charge is 2.47. The van der Waals surface area contributed by atoms with E-state index in [9.17, 15) is 78.0 Å². The first-order valence-corrected chi connectivity index (χ1v) is 46.4. The van der Waals surface area contributed by atoms with Gasteiger partial charge in [-0.15, -0.1) is 11.8 Å². The average Bonchev–Trinajstić information content (AvgIpc) is 1.67. The number of para-hydroxylation sites is 2. The lowest BCUT2D eigenvalue weighted by Crippen LogP contribution is -2.61. The van der Waals surface area contributed by atoms with E-state index in [-0.39, 0.29) is 83.8 Å². The van der Waals surface area contributed by atoms with Crippen molar-refractivity contribution in [1.29, 1.82) is 0 Å². The number of fused-ring (bicyclic) bond motifs is 4. The first-order chi connectivity index (χ1) is 64.8. The molecule has 136 heavy (non-hydrogen) atoms. The van der Waals surface area contributed by atoms with Crippen LogP contribution in [0, 0.1) is 0 Å². The van der Waals surface area contributed by atoms with Crippen molar-refractivity contribution in [2.75, 3.05) is 79.0 Å². The Morgan fingerprint density at radius 2 is 1.04 bits per heavy atom. The summed E-state index contributed by atoms with van der Waals surface area (Å²) in [5, 5.41) is 68.4.